The summed E-state index contributed by atoms with van der Waals surface area (Å²) in [4.78, 5) is 28.6. The summed E-state index contributed by atoms with van der Waals surface area (Å²) >= 11 is 0. The Labute approximate surface area is 239 Å². The Hall–Kier alpha value is -3.54. The number of H-pyrrole nitrogens is 1. The number of esters is 2. The number of hydrogen-bond acceptors (Lipinski definition) is 5. The van der Waals surface area contributed by atoms with Gasteiger partial charge in [0.25, 0.3) is 0 Å². The molecule has 0 saturated carbocycles. The lowest BCUT2D eigenvalue weighted by atomic mass is 9.99. The number of carbonyl (C=O) groups excluding carboxylic acids is 2. The van der Waals surface area contributed by atoms with Gasteiger partial charge in [-0.15, -0.1) is 0 Å². The maximum Gasteiger partial charge on any atom is 0.345 e. The predicted octanol–water partition coefficient (Wildman–Crippen LogP) is 8.43. The Morgan fingerprint density at radius 1 is 0.800 bits per heavy atom. The molecule has 40 heavy (non-hydrogen) atoms. The lowest BCUT2D eigenvalue weighted by Crippen LogP contribution is -2.15. The first-order valence-corrected chi connectivity index (χ1v) is 14.8. The lowest BCUT2D eigenvalue weighted by molar-refractivity contribution is -0.143. The van der Waals surface area contributed by atoms with Gasteiger partial charge in [-0.2, -0.15) is 0 Å². The zero-order chi connectivity index (χ0) is 28.7. The lowest BCUT2D eigenvalue weighted by Gasteiger charge is -2.13. The molecular formula is C34H45NO5. The number of aromatic nitrogens is 1. The van der Waals surface area contributed by atoms with Gasteiger partial charge in [-0.05, 0) is 48.6 Å². The van der Waals surface area contributed by atoms with E-state index in [2.05, 4.69) is 24.9 Å². The van der Waals surface area contributed by atoms with Crippen molar-refractivity contribution < 1.29 is 23.8 Å². The number of benzene rings is 2. The molecule has 6 heteroatoms. The molecular weight excluding hydrogens is 502 g/mol. The van der Waals surface area contributed by atoms with Crippen LogP contribution < -0.4 is 4.74 Å². The van der Waals surface area contributed by atoms with Gasteiger partial charge in [0.1, 0.15) is 11.3 Å². The molecule has 0 bridgehead atoms. The van der Waals surface area contributed by atoms with E-state index < -0.39 is 11.9 Å². The van der Waals surface area contributed by atoms with E-state index in [-0.39, 0.29) is 5.57 Å². The largest absolute Gasteiger partial charge is 0.493 e. The van der Waals surface area contributed by atoms with E-state index in [1.165, 1.54) is 64.7 Å². The van der Waals surface area contributed by atoms with Crippen molar-refractivity contribution in [2.75, 3.05) is 20.8 Å². The molecule has 1 aromatic heterocycles. The number of carbonyl (C=O) groups is 2. The van der Waals surface area contributed by atoms with Gasteiger partial charge in [-0.1, -0.05) is 95.5 Å². The Morgan fingerprint density at radius 3 is 2.05 bits per heavy atom. The molecule has 0 unspecified atom stereocenters. The zero-order valence-corrected chi connectivity index (χ0v) is 24.6. The number of nitrogens with one attached hydrogen (secondary N) is 1. The monoisotopic (exact) mass is 547 g/mol. The summed E-state index contributed by atoms with van der Waals surface area (Å²) < 4.78 is 16.1. The minimum atomic E-state index is -0.744. The van der Waals surface area contributed by atoms with Gasteiger partial charge < -0.3 is 19.2 Å². The van der Waals surface area contributed by atoms with Crippen molar-refractivity contribution in [2.45, 2.75) is 84.5 Å². The normalized spacial score (nSPS) is 10.9. The van der Waals surface area contributed by atoms with Crippen LogP contribution >= 0.6 is 0 Å². The van der Waals surface area contributed by atoms with Gasteiger partial charge in [0, 0.05) is 16.5 Å². The molecule has 0 aliphatic rings. The molecule has 3 aromatic rings. The highest BCUT2D eigenvalue weighted by Gasteiger charge is 2.23. The molecule has 1 heterocycles. The second kappa shape index (κ2) is 16.5. The van der Waals surface area contributed by atoms with Crippen LogP contribution in [0.25, 0.3) is 28.2 Å². The van der Waals surface area contributed by atoms with Crippen molar-refractivity contribution in [1.82, 2.24) is 4.98 Å². The fourth-order valence-corrected chi connectivity index (χ4v) is 4.94. The van der Waals surface area contributed by atoms with Crippen molar-refractivity contribution in [3.8, 4) is 17.0 Å². The number of aromatic amines is 1. The van der Waals surface area contributed by atoms with Crippen molar-refractivity contribution in [1.29, 1.82) is 0 Å². The Bertz CT molecular complexity index is 1240. The van der Waals surface area contributed by atoms with Gasteiger partial charge in [-0.25, -0.2) is 9.59 Å². The molecule has 0 aliphatic carbocycles. The summed E-state index contributed by atoms with van der Waals surface area (Å²) in [6, 6.07) is 14.1. The Kier molecular flexibility index (Phi) is 12.8. The first-order valence-electron chi connectivity index (χ1n) is 14.8. The van der Waals surface area contributed by atoms with E-state index >= 15 is 0 Å². The number of rotatable bonds is 17. The number of ether oxygens (including phenoxy) is 3. The highest BCUT2D eigenvalue weighted by Crippen LogP contribution is 2.37. The molecule has 0 radical (unpaired) electrons. The highest BCUT2D eigenvalue weighted by molar-refractivity contribution is 6.19. The molecule has 2 aromatic carbocycles. The maximum atomic E-state index is 12.5. The van der Waals surface area contributed by atoms with E-state index in [1.54, 1.807) is 6.08 Å². The average molecular weight is 548 g/mol. The maximum absolute atomic E-state index is 12.5. The number of methoxy groups -OCH3 is 2. The first-order chi connectivity index (χ1) is 19.5. The molecule has 3 rings (SSSR count). The van der Waals surface area contributed by atoms with Crippen LogP contribution in [-0.4, -0.2) is 37.7 Å². The van der Waals surface area contributed by atoms with Crippen LogP contribution in [0.1, 0.15) is 89.2 Å². The second-order valence-corrected chi connectivity index (χ2v) is 10.3. The summed E-state index contributed by atoms with van der Waals surface area (Å²) in [6.07, 6.45) is 14.7. The van der Waals surface area contributed by atoms with Gasteiger partial charge in [0.05, 0.1) is 26.5 Å². The third-order valence-corrected chi connectivity index (χ3v) is 7.24. The van der Waals surface area contributed by atoms with E-state index in [0.29, 0.717) is 12.2 Å². The number of hydrogen-bond donors (Lipinski definition) is 1. The minimum Gasteiger partial charge on any atom is -0.493 e. The van der Waals surface area contributed by atoms with Gasteiger partial charge in [-0.3, -0.25) is 0 Å². The van der Waals surface area contributed by atoms with E-state index in [9.17, 15) is 9.59 Å². The minimum absolute atomic E-state index is 0.167. The molecule has 0 amide bonds. The molecule has 216 valence electrons. The van der Waals surface area contributed by atoms with E-state index in [1.807, 2.05) is 36.4 Å². The number of aryl methyl sites for hydroxylation is 1. The van der Waals surface area contributed by atoms with Crippen LogP contribution in [-0.2, 0) is 25.5 Å². The zero-order valence-electron chi connectivity index (χ0n) is 24.6. The standard InChI is InChI=1S/C34H45NO5/c1-5-7-9-10-11-12-13-15-20-26-22-30-27(24-31(26)40-21-8-6-2)28(23-29(33(36)38-3)34(37)39-4)32(35-30)25-18-16-14-17-19-25/h14,16-19,22-24,35H,5-13,15,20-21H2,1-4H3. The summed E-state index contributed by atoms with van der Waals surface area (Å²) in [5, 5.41) is 0.871. The van der Waals surface area contributed by atoms with Crippen LogP contribution in [0.15, 0.2) is 48.0 Å². The molecule has 0 aliphatic heterocycles. The van der Waals surface area contributed by atoms with Crippen molar-refractivity contribution in [2.24, 2.45) is 0 Å². The molecule has 0 atom stereocenters. The molecule has 0 fully saturated rings. The third kappa shape index (κ3) is 8.48. The van der Waals surface area contributed by atoms with Crippen molar-refractivity contribution in [3.63, 3.8) is 0 Å². The van der Waals surface area contributed by atoms with E-state index in [4.69, 9.17) is 14.2 Å². The smallest absolute Gasteiger partial charge is 0.345 e. The summed E-state index contributed by atoms with van der Waals surface area (Å²) in [7, 11) is 2.51. The SMILES string of the molecule is CCCCCCCCCCc1cc2[nH]c(-c3ccccc3)c(C=C(C(=O)OC)C(=O)OC)c2cc1OCCCC. The quantitative estimate of drug-likeness (QED) is 0.0603. The topological polar surface area (TPSA) is 77.6 Å². The summed E-state index contributed by atoms with van der Waals surface area (Å²) in [5.74, 6) is -0.633. The predicted molar refractivity (Wildman–Crippen MR) is 162 cm³/mol. The van der Waals surface area contributed by atoms with Crippen LogP contribution in [0.2, 0.25) is 0 Å². The average Bonchev–Trinajstić information content (AvgIpc) is 3.33. The van der Waals surface area contributed by atoms with Crippen LogP contribution in [0, 0.1) is 0 Å². The van der Waals surface area contributed by atoms with Crippen LogP contribution in [0.3, 0.4) is 0 Å². The molecule has 6 nitrogen and oxygen atoms in total. The number of fused-ring (bicyclic) bond motifs is 1. The molecule has 0 spiro atoms. The van der Waals surface area contributed by atoms with Gasteiger partial charge >= 0.3 is 11.9 Å². The van der Waals surface area contributed by atoms with Crippen LogP contribution in [0.5, 0.6) is 5.75 Å². The molecule has 0 saturated heterocycles. The second-order valence-electron chi connectivity index (χ2n) is 10.3. The Morgan fingerprint density at radius 2 is 1.43 bits per heavy atom. The molecule has 1 N–H and O–H groups in total. The highest BCUT2D eigenvalue weighted by atomic mass is 16.5. The summed E-state index contributed by atoms with van der Waals surface area (Å²) in [6.45, 7) is 5.04. The third-order valence-electron chi connectivity index (χ3n) is 7.24. The fourth-order valence-electron chi connectivity index (χ4n) is 4.94. The number of unbranched alkanes of at least 4 members (excludes halogenated alkanes) is 8. The van der Waals surface area contributed by atoms with Crippen molar-refractivity contribution in [3.05, 3.63) is 59.2 Å². The van der Waals surface area contributed by atoms with Crippen LogP contribution in [0.4, 0.5) is 0 Å². The summed E-state index contributed by atoms with van der Waals surface area (Å²) in [5.41, 5.74) is 4.40. The van der Waals surface area contributed by atoms with Gasteiger partial charge in [0.15, 0.2) is 0 Å². The van der Waals surface area contributed by atoms with Gasteiger partial charge in [0.2, 0.25) is 0 Å². The Balaban J connectivity index is 2.02. The fraction of sp³-hybridized carbons (Fsp3) is 0.471. The van der Waals surface area contributed by atoms with E-state index in [0.717, 1.165) is 53.6 Å². The first kappa shape index (κ1) is 31.0. The van der Waals surface area contributed by atoms with Crippen molar-refractivity contribution >= 4 is 28.9 Å².